The topological polar surface area (TPSA) is 27.1 Å². The van der Waals surface area contributed by atoms with Crippen LogP contribution in [0, 0.1) is 6.92 Å². The Morgan fingerprint density at radius 2 is 1.66 bits per heavy atom. The van der Waals surface area contributed by atoms with E-state index in [1.54, 1.807) is 7.11 Å². The van der Waals surface area contributed by atoms with Gasteiger partial charge in [-0.3, -0.25) is 0 Å². The third kappa shape index (κ3) is 3.15. The van der Waals surface area contributed by atoms with Gasteiger partial charge in [0.05, 0.1) is 18.1 Å². The van der Waals surface area contributed by atoms with Crippen LogP contribution in [-0.4, -0.2) is 16.7 Å². The quantitative estimate of drug-likeness (QED) is 0.371. The molecule has 0 saturated heterocycles. The number of nitrogens with zero attached hydrogens (tertiary/aromatic N) is 2. The van der Waals surface area contributed by atoms with Gasteiger partial charge in [0.2, 0.25) is 0 Å². The lowest BCUT2D eigenvalue weighted by Gasteiger charge is -2.12. The summed E-state index contributed by atoms with van der Waals surface area (Å²) in [5, 5.41) is 2.45. The van der Waals surface area contributed by atoms with Gasteiger partial charge >= 0.3 is 0 Å². The third-order valence-corrected chi connectivity index (χ3v) is 5.43. The summed E-state index contributed by atoms with van der Waals surface area (Å²) < 4.78 is 7.64. The Hall–Kier alpha value is -3.59. The molecule has 5 rings (SSSR count). The molecule has 0 aliphatic heterocycles. The lowest BCUT2D eigenvalue weighted by Crippen LogP contribution is -2.03. The van der Waals surface area contributed by atoms with Crippen LogP contribution in [0.5, 0.6) is 5.75 Å². The molecule has 29 heavy (non-hydrogen) atoms. The number of benzene rings is 4. The molecule has 3 heteroatoms. The van der Waals surface area contributed by atoms with Gasteiger partial charge in [-0.05, 0) is 53.1 Å². The van der Waals surface area contributed by atoms with Crippen LogP contribution in [0.3, 0.4) is 0 Å². The van der Waals surface area contributed by atoms with Crippen LogP contribution >= 0.6 is 0 Å². The molecule has 0 atom stereocenters. The monoisotopic (exact) mass is 378 g/mol. The molecule has 142 valence electrons. The first-order valence-electron chi connectivity index (χ1n) is 9.81. The highest BCUT2D eigenvalue weighted by Crippen LogP contribution is 2.32. The van der Waals surface area contributed by atoms with E-state index < -0.39 is 0 Å². The first kappa shape index (κ1) is 17.5. The van der Waals surface area contributed by atoms with Crippen LogP contribution in [0.4, 0.5) is 0 Å². The summed E-state index contributed by atoms with van der Waals surface area (Å²) in [6, 6.07) is 29.6. The Kier molecular flexibility index (Phi) is 4.28. The van der Waals surface area contributed by atoms with E-state index in [0.29, 0.717) is 0 Å². The molecule has 0 amide bonds. The molecule has 4 aromatic carbocycles. The molecule has 0 radical (unpaired) electrons. The summed E-state index contributed by atoms with van der Waals surface area (Å²) in [5.74, 6) is 1.87. The number of ether oxygens (including phenoxy) is 1. The zero-order valence-corrected chi connectivity index (χ0v) is 16.6. The molecule has 0 unspecified atom stereocenters. The summed E-state index contributed by atoms with van der Waals surface area (Å²) in [5.41, 5.74) is 5.78. The van der Waals surface area contributed by atoms with Crippen LogP contribution in [0.15, 0.2) is 84.9 Å². The number of hydrogen-bond donors (Lipinski definition) is 0. The number of fused-ring (bicyclic) bond motifs is 2. The second-order valence-electron chi connectivity index (χ2n) is 7.39. The zero-order chi connectivity index (χ0) is 19.8. The van der Waals surface area contributed by atoms with Gasteiger partial charge in [-0.25, -0.2) is 4.98 Å². The summed E-state index contributed by atoms with van der Waals surface area (Å²) in [7, 11) is 1.69. The van der Waals surface area contributed by atoms with Gasteiger partial charge in [-0.15, -0.1) is 0 Å². The van der Waals surface area contributed by atoms with Crippen LogP contribution in [0.25, 0.3) is 33.2 Å². The summed E-state index contributed by atoms with van der Waals surface area (Å²) in [6.07, 6.45) is 0. The van der Waals surface area contributed by atoms with Gasteiger partial charge in [0.15, 0.2) is 0 Å². The standard InChI is InChI=1S/C26H22N2O/c1-18-10-15-24-25(16-18)28(17-19-11-13-21(29-2)14-12-19)26(27-24)23-9-5-7-20-6-3-4-8-22(20)23/h3-16H,17H2,1-2H3. The minimum absolute atomic E-state index is 0.752. The van der Waals surface area contributed by atoms with Crippen molar-refractivity contribution in [2.75, 3.05) is 7.11 Å². The SMILES string of the molecule is COc1ccc(Cn2c(-c3cccc4ccccc34)nc3ccc(C)cc32)cc1. The van der Waals surface area contributed by atoms with Gasteiger partial charge in [0.1, 0.15) is 11.6 Å². The highest BCUT2D eigenvalue weighted by molar-refractivity contribution is 5.97. The molecule has 0 aliphatic rings. The summed E-state index contributed by atoms with van der Waals surface area (Å²) in [4.78, 5) is 5.04. The number of methoxy groups -OCH3 is 1. The highest BCUT2D eigenvalue weighted by atomic mass is 16.5. The fraction of sp³-hybridized carbons (Fsp3) is 0.115. The molecule has 0 saturated carbocycles. The van der Waals surface area contributed by atoms with Gasteiger partial charge in [0.25, 0.3) is 0 Å². The van der Waals surface area contributed by atoms with Crippen molar-refractivity contribution in [1.29, 1.82) is 0 Å². The molecule has 1 aromatic heterocycles. The molecule has 3 nitrogen and oxygen atoms in total. The molecular weight excluding hydrogens is 356 g/mol. The lowest BCUT2D eigenvalue weighted by atomic mass is 10.0. The average Bonchev–Trinajstić information content (AvgIpc) is 3.11. The van der Waals surface area contributed by atoms with Crippen LogP contribution in [0.1, 0.15) is 11.1 Å². The number of hydrogen-bond acceptors (Lipinski definition) is 2. The second-order valence-corrected chi connectivity index (χ2v) is 7.39. The molecule has 1 heterocycles. The van der Waals surface area contributed by atoms with Gasteiger partial charge < -0.3 is 9.30 Å². The Bertz CT molecular complexity index is 1310. The Labute approximate surface area is 170 Å². The molecule has 0 aliphatic carbocycles. The smallest absolute Gasteiger partial charge is 0.142 e. The van der Waals surface area contributed by atoms with Crippen molar-refractivity contribution in [3.8, 4) is 17.1 Å². The molecule has 0 spiro atoms. The largest absolute Gasteiger partial charge is 0.497 e. The highest BCUT2D eigenvalue weighted by Gasteiger charge is 2.15. The van der Waals surface area contributed by atoms with Crippen molar-refractivity contribution >= 4 is 21.8 Å². The van der Waals surface area contributed by atoms with E-state index in [4.69, 9.17) is 9.72 Å². The fourth-order valence-electron chi connectivity index (χ4n) is 3.93. The summed E-state index contributed by atoms with van der Waals surface area (Å²) in [6.45, 7) is 2.88. The van der Waals surface area contributed by atoms with E-state index >= 15 is 0 Å². The first-order valence-corrected chi connectivity index (χ1v) is 9.81. The maximum absolute atomic E-state index is 5.31. The van der Waals surface area contributed by atoms with Crippen molar-refractivity contribution in [1.82, 2.24) is 9.55 Å². The minimum Gasteiger partial charge on any atom is -0.497 e. The van der Waals surface area contributed by atoms with Crippen molar-refractivity contribution in [2.24, 2.45) is 0 Å². The number of rotatable bonds is 4. The fourth-order valence-corrected chi connectivity index (χ4v) is 3.93. The first-order chi connectivity index (χ1) is 14.2. The second kappa shape index (κ2) is 7.10. The molecule has 5 aromatic rings. The zero-order valence-electron chi connectivity index (χ0n) is 16.6. The minimum atomic E-state index is 0.752. The van der Waals surface area contributed by atoms with Crippen molar-refractivity contribution in [3.05, 3.63) is 96.1 Å². The third-order valence-electron chi connectivity index (χ3n) is 5.43. The Balaban J connectivity index is 1.73. The Morgan fingerprint density at radius 1 is 0.862 bits per heavy atom. The maximum Gasteiger partial charge on any atom is 0.142 e. The Morgan fingerprint density at radius 3 is 2.48 bits per heavy atom. The van der Waals surface area contributed by atoms with E-state index in [-0.39, 0.29) is 0 Å². The van der Waals surface area contributed by atoms with Gasteiger partial charge in [-0.1, -0.05) is 60.7 Å². The van der Waals surface area contributed by atoms with Crippen LogP contribution in [-0.2, 0) is 6.54 Å². The van der Waals surface area contributed by atoms with Gasteiger partial charge in [-0.2, -0.15) is 0 Å². The maximum atomic E-state index is 5.31. The molecular formula is C26H22N2O. The molecule has 0 N–H and O–H groups in total. The average molecular weight is 378 g/mol. The number of aryl methyl sites for hydroxylation is 1. The van der Waals surface area contributed by atoms with Crippen molar-refractivity contribution < 1.29 is 4.74 Å². The van der Waals surface area contributed by atoms with Crippen molar-refractivity contribution in [2.45, 2.75) is 13.5 Å². The molecule has 0 bridgehead atoms. The van der Waals surface area contributed by atoms with Crippen LogP contribution in [0.2, 0.25) is 0 Å². The molecule has 0 fully saturated rings. The van der Waals surface area contributed by atoms with E-state index in [1.165, 1.54) is 21.9 Å². The van der Waals surface area contributed by atoms with E-state index in [0.717, 1.165) is 34.7 Å². The lowest BCUT2D eigenvalue weighted by molar-refractivity contribution is 0.414. The predicted molar refractivity (Wildman–Crippen MR) is 120 cm³/mol. The van der Waals surface area contributed by atoms with Crippen molar-refractivity contribution in [3.63, 3.8) is 0 Å². The number of imidazole rings is 1. The summed E-state index contributed by atoms with van der Waals surface area (Å²) >= 11 is 0. The predicted octanol–water partition coefficient (Wildman–Crippen LogP) is 6.22. The van der Waals surface area contributed by atoms with E-state index in [2.05, 4.69) is 84.3 Å². The normalized spacial score (nSPS) is 11.2. The van der Waals surface area contributed by atoms with Gasteiger partial charge in [0, 0.05) is 12.1 Å². The van der Waals surface area contributed by atoms with E-state index in [1.807, 2.05) is 12.1 Å². The van der Waals surface area contributed by atoms with Crippen LogP contribution < -0.4 is 4.74 Å². The number of aromatic nitrogens is 2. The van der Waals surface area contributed by atoms with E-state index in [9.17, 15) is 0 Å².